The lowest BCUT2D eigenvalue weighted by Crippen LogP contribution is -2.49. The third kappa shape index (κ3) is 1.88. The molecular weight excluding hydrogens is 320 g/mol. The number of esters is 1. The van der Waals surface area contributed by atoms with Crippen LogP contribution in [0.1, 0.15) is 18.2 Å². The number of carbonyl (C=O) groups is 2. The quantitative estimate of drug-likeness (QED) is 0.633. The van der Waals surface area contributed by atoms with Crippen LogP contribution in [0.15, 0.2) is 30.3 Å². The Labute approximate surface area is 145 Å². The largest absolute Gasteiger partial charge is 0.481 e. The van der Waals surface area contributed by atoms with Gasteiger partial charge in [0.1, 0.15) is 0 Å². The lowest BCUT2D eigenvalue weighted by molar-refractivity contribution is -0.153. The average molecular weight is 338 g/mol. The summed E-state index contributed by atoms with van der Waals surface area (Å²) in [5.74, 6) is -0.340. The zero-order valence-electron chi connectivity index (χ0n) is 14.3. The molecule has 0 unspecified atom stereocenters. The van der Waals surface area contributed by atoms with Crippen molar-refractivity contribution in [2.75, 3.05) is 25.7 Å². The summed E-state index contributed by atoms with van der Waals surface area (Å²) >= 11 is 0. The topological polar surface area (TPSA) is 68.7 Å². The molecule has 1 aliphatic heterocycles. The first kappa shape index (κ1) is 15.6. The number of amides is 1. The van der Waals surface area contributed by atoms with Gasteiger partial charge in [-0.25, -0.2) is 4.98 Å². The van der Waals surface area contributed by atoms with Crippen molar-refractivity contribution in [3.63, 3.8) is 0 Å². The standard InChI is InChI=1S/C19H18N2O4/c1-4-25-18(23)19-10-13-11(8-9-15(20-13)24-3)12-6-5-7-14(16(12)19)21(2)17(19)22/h5-9H,4,10H2,1-3H3/t19-/m0/s1. The maximum Gasteiger partial charge on any atom is 0.326 e. The van der Waals surface area contributed by atoms with Crippen LogP contribution in [-0.2, 0) is 26.2 Å². The van der Waals surface area contributed by atoms with Gasteiger partial charge in [-0.15, -0.1) is 0 Å². The Morgan fingerprint density at radius 2 is 2.08 bits per heavy atom. The van der Waals surface area contributed by atoms with Gasteiger partial charge < -0.3 is 14.4 Å². The van der Waals surface area contributed by atoms with E-state index in [1.54, 1.807) is 32.0 Å². The number of hydrogen-bond acceptors (Lipinski definition) is 5. The second-order valence-corrected chi connectivity index (χ2v) is 6.21. The number of methoxy groups -OCH3 is 1. The predicted molar refractivity (Wildman–Crippen MR) is 91.7 cm³/mol. The molecule has 0 saturated heterocycles. The molecule has 2 aliphatic rings. The number of ether oxygens (including phenoxy) is 2. The van der Waals surface area contributed by atoms with E-state index in [0.717, 1.165) is 22.4 Å². The van der Waals surface area contributed by atoms with Crippen LogP contribution in [0.3, 0.4) is 0 Å². The van der Waals surface area contributed by atoms with E-state index in [1.807, 2.05) is 24.3 Å². The van der Waals surface area contributed by atoms with Crippen molar-refractivity contribution in [1.82, 2.24) is 4.98 Å². The molecule has 2 heterocycles. The molecule has 6 heteroatoms. The summed E-state index contributed by atoms with van der Waals surface area (Å²) in [7, 11) is 3.23. The van der Waals surface area contributed by atoms with Gasteiger partial charge in [0.15, 0.2) is 5.41 Å². The van der Waals surface area contributed by atoms with Crippen molar-refractivity contribution in [3.05, 3.63) is 41.6 Å². The fraction of sp³-hybridized carbons (Fsp3) is 0.316. The highest BCUT2D eigenvalue weighted by molar-refractivity contribution is 6.22. The number of pyridine rings is 1. The predicted octanol–water partition coefficient (Wildman–Crippen LogP) is 2.09. The van der Waals surface area contributed by atoms with Crippen LogP contribution in [0.25, 0.3) is 11.1 Å². The van der Waals surface area contributed by atoms with Crippen molar-refractivity contribution in [2.45, 2.75) is 18.8 Å². The minimum absolute atomic E-state index is 0.172. The molecule has 1 atom stereocenters. The molecule has 4 rings (SSSR count). The molecule has 25 heavy (non-hydrogen) atoms. The Morgan fingerprint density at radius 1 is 1.28 bits per heavy atom. The third-order valence-electron chi connectivity index (χ3n) is 5.00. The first-order valence-electron chi connectivity index (χ1n) is 8.17. The Balaban J connectivity index is 2.04. The molecule has 1 aliphatic carbocycles. The van der Waals surface area contributed by atoms with Gasteiger partial charge in [0.05, 0.1) is 19.4 Å². The zero-order chi connectivity index (χ0) is 17.8. The van der Waals surface area contributed by atoms with E-state index in [-0.39, 0.29) is 18.9 Å². The molecule has 0 bridgehead atoms. The zero-order valence-corrected chi connectivity index (χ0v) is 14.3. The molecular formula is C19H18N2O4. The summed E-state index contributed by atoms with van der Waals surface area (Å²) in [5.41, 5.74) is 2.53. The van der Waals surface area contributed by atoms with Gasteiger partial charge >= 0.3 is 5.97 Å². The van der Waals surface area contributed by atoms with Crippen LogP contribution in [0.2, 0.25) is 0 Å². The van der Waals surface area contributed by atoms with Crippen molar-refractivity contribution >= 4 is 17.6 Å². The van der Waals surface area contributed by atoms with Crippen molar-refractivity contribution in [3.8, 4) is 17.0 Å². The number of fused-ring (bicyclic) bond motifs is 2. The first-order valence-corrected chi connectivity index (χ1v) is 8.17. The van der Waals surface area contributed by atoms with E-state index in [2.05, 4.69) is 4.98 Å². The molecule has 1 aromatic carbocycles. The van der Waals surface area contributed by atoms with Crippen LogP contribution < -0.4 is 9.64 Å². The van der Waals surface area contributed by atoms with E-state index >= 15 is 0 Å². The summed E-state index contributed by atoms with van der Waals surface area (Å²) in [6.07, 6.45) is 0.172. The van der Waals surface area contributed by atoms with Crippen LogP contribution in [0.4, 0.5) is 5.69 Å². The average Bonchev–Trinajstić information content (AvgIpc) is 2.85. The minimum Gasteiger partial charge on any atom is -0.481 e. The fourth-order valence-electron chi connectivity index (χ4n) is 3.90. The van der Waals surface area contributed by atoms with E-state index in [4.69, 9.17) is 9.47 Å². The lowest BCUT2D eigenvalue weighted by Gasteiger charge is -2.31. The molecule has 1 amide bonds. The number of nitrogens with zero attached hydrogens (tertiary/aromatic N) is 2. The molecule has 128 valence electrons. The Kier molecular flexibility index (Phi) is 3.32. The number of likely N-dealkylation sites (N-methyl/N-ethyl adjacent to an activating group) is 1. The first-order chi connectivity index (χ1) is 12.0. The van der Waals surface area contributed by atoms with E-state index in [9.17, 15) is 9.59 Å². The summed E-state index contributed by atoms with van der Waals surface area (Å²) in [5, 5.41) is 0. The maximum atomic E-state index is 13.1. The maximum absolute atomic E-state index is 13.1. The molecule has 0 N–H and O–H groups in total. The summed E-state index contributed by atoms with van der Waals surface area (Å²) in [6, 6.07) is 9.38. The smallest absolute Gasteiger partial charge is 0.326 e. The van der Waals surface area contributed by atoms with Crippen LogP contribution >= 0.6 is 0 Å². The molecule has 0 radical (unpaired) electrons. The van der Waals surface area contributed by atoms with Gasteiger partial charge in [0.25, 0.3) is 0 Å². The third-order valence-corrected chi connectivity index (χ3v) is 5.00. The Bertz CT molecular complexity index is 908. The van der Waals surface area contributed by atoms with Gasteiger partial charge in [-0.2, -0.15) is 0 Å². The summed E-state index contributed by atoms with van der Waals surface area (Å²) in [6.45, 7) is 1.95. The SMILES string of the molecule is CCOC(=O)[C@@]12Cc3nc(OC)ccc3-c3cccc(c31)N(C)C2=O. The van der Waals surface area contributed by atoms with Gasteiger partial charge in [-0.05, 0) is 24.6 Å². The number of aromatic nitrogens is 1. The number of hydrogen-bond donors (Lipinski definition) is 0. The lowest BCUT2D eigenvalue weighted by atomic mass is 9.70. The van der Waals surface area contributed by atoms with Gasteiger partial charge in [0.2, 0.25) is 11.8 Å². The fourth-order valence-corrected chi connectivity index (χ4v) is 3.90. The number of rotatable bonds is 3. The number of carbonyl (C=O) groups excluding carboxylic acids is 2. The number of benzene rings is 1. The van der Waals surface area contributed by atoms with Gasteiger partial charge in [0, 0.05) is 36.3 Å². The Morgan fingerprint density at radius 3 is 2.80 bits per heavy atom. The molecule has 1 aromatic heterocycles. The van der Waals surface area contributed by atoms with E-state index in [1.165, 1.54) is 0 Å². The van der Waals surface area contributed by atoms with E-state index < -0.39 is 11.4 Å². The van der Waals surface area contributed by atoms with Crippen LogP contribution in [0.5, 0.6) is 5.88 Å². The molecule has 0 spiro atoms. The normalized spacial score (nSPS) is 20.1. The highest BCUT2D eigenvalue weighted by Gasteiger charge is 2.60. The minimum atomic E-state index is -1.37. The highest BCUT2D eigenvalue weighted by Crippen LogP contribution is 2.52. The number of anilines is 1. The van der Waals surface area contributed by atoms with Gasteiger partial charge in [-0.3, -0.25) is 9.59 Å². The van der Waals surface area contributed by atoms with Crippen LogP contribution in [0, 0.1) is 0 Å². The van der Waals surface area contributed by atoms with E-state index in [0.29, 0.717) is 11.6 Å². The molecule has 0 saturated carbocycles. The summed E-state index contributed by atoms with van der Waals surface area (Å²) < 4.78 is 10.5. The molecule has 2 aromatic rings. The van der Waals surface area contributed by atoms with Crippen molar-refractivity contribution < 1.29 is 19.1 Å². The van der Waals surface area contributed by atoms with Gasteiger partial charge in [-0.1, -0.05) is 12.1 Å². The molecule has 0 fully saturated rings. The second-order valence-electron chi connectivity index (χ2n) is 6.21. The second kappa shape index (κ2) is 5.31. The Hall–Kier alpha value is -2.89. The highest BCUT2D eigenvalue weighted by atomic mass is 16.5. The van der Waals surface area contributed by atoms with Crippen molar-refractivity contribution in [1.29, 1.82) is 0 Å². The monoisotopic (exact) mass is 338 g/mol. The van der Waals surface area contributed by atoms with Crippen LogP contribution in [-0.4, -0.2) is 37.6 Å². The summed E-state index contributed by atoms with van der Waals surface area (Å²) in [4.78, 5) is 32.1. The van der Waals surface area contributed by atoms with Crippen molar-refractivity contribution in [2.24, 2.45) is 0 Å². The molecule has 6 nitrogen and oxygen atoms in total.